The Hall–Kier alpha value is -1.35. The van der Waals surface area contributed by atoms with Crippen LogP contribution >= 0.6 is 11.5 Å². The summed E-state index contributed by atoms with van der Waals surface area (Å²) in [5.41, 5.74) is 5.19. The van der Waals surface area contributed by atoms with Crippen LogP contribution in [0.2, 0.25) is 0 Å². The highest BCUT2D eigenvalue weighted by molar-refractivity contribution is 7.06. The van der Waals surface area contributed by atoms with E-state index in [1.807, 2.05) is 7.05 Å². The molecule has 2 aromatic rings. The zero-order valence-electron chi connectivity index (χ0n) is 12.4. The van der Waals surface area contributed by atoms with Crippen molar-refractivity contribution in [2.24, 2.45) is 0 Å². The molecule has 1 heterocycles. The van der Waals surface area contributed by atoms with Gasteiger partial charge >= 0.3 is 0 Å². The zero-order valence-corrected chi connectivity index (χ0v) is 13.2. The Bertz CT molecular complexity index is 570. The molecular formula is C16H22N2S. The van der Waals surface area contributed by atoms with Gasteiger partial charge in [0.05, 0.1) is 5.69 Å². The molecule has 0 aliphatic heterocycles. The number of hydrogen-bond acceptors (Lipinski definition) is 3. The van der Waals surface area contributed by atoms with Gasteiger partial charge in [-0.2, -0.15) is 4.37 Å². The molecule has 0 saturated carbocycles. The summed E-state index contributed by atoms with van der Waals surface area (Å²) in [6.07, 6.45) is 1.04. The number of nitrogens with zero attached hydrogens (tertiary/aromatic N) is 1. The van der Waals surface area contributed by atoms with Gasteiger partial charge in [0.1, 0.15) is 0 Å². The van der Waals surface area contributed by atoms with Gasteiger partial charge in [-0.1, -0.05) is 19.9 Å². The van der Waals surface area contributed by atoms with E-state index in [0.29, 0.717) is 0 Å². The molecule has 102 valence electrons. The van der Waals surface area contributed by atoms with Crippen LogP contribution in [0.25, 0.3) is 0 Å². The van der Waals surface area contributed by atoms with Crippen LogP contribution < -0.4 is 5.32 Å². The number of aryl methyl sites for hydroxylation is 2. The molecule has 0 amide bonds. The van der Waals surface area contributed by atoms with E-state index in [1.54, 1.807) is 11.5 Å². The second-order valence-corrected chi connectivity index (χ2v) is 6.59. The van der Waals surface area contributed by atoms with Gasteiger partial charge in [-0.25, -0.2) is 0 Å². The minimum atomic E-state index is 0.128. The highest BCUT2D eigenvalue weighted by atomic mass is 32.1. The average Bonchev–Trinajstić information content (AvgIpc) is 2.79. The molecule has 0 saturated heterocycles. The fraction of sp³-hybridized carbons (Fsp3) is 0.438. The van der Waals surface area contributed by atoms with Crippen LogP contribution in [0.4, 0.5) is 5.69 Å². The summed E-state index contributed by atoms with van der Waals surface area (Å²) in [4.78, 5) is 1.36. The number of hydrogen-bond donors (Lipinski definition) is 1. The van der Waals surface area contributed by atoms with Crippen LogP contribution in [0, 0.1) is 13.8 Å². The Morgan fingerprint density at radius 3 is 2.53 bits per heavy atom. The summed E-state index contributed by atoms with van der Waals surface area (Å²) in [6.45, 7) is 8.84. The predicted molar refractivity (Wildman–Crippen MR) is 84.3 cm³/mol. The summed E-state index contributed by atoms with van der Waals surface area (Å²) in [6, 6.07) is 8.78. The van der Waals surface area contributed by atoms with Gasteiger partial charge in [0, 0.05) is 23.0 Å². The van der Waals surface area contributed by atoms with E-state index in [4.69, 9.17) is 0 Å². The van der Waals surface area contributed by atoms with Gasteiger partial charge in [0.2, 0.25) is 0 Å². The van der Waals surface area contributed by atoms with Gasteiger partial charge in [0.25, 0.3) is 0 Å². The maximum absolute atomic E-state index is 4.41. The molecule has 2 rings (SSSR count). The number of rotatable bonds is 4. The topological polar surface area (TPSA) is 24.9 Å². The van der Waals surface area contributed by atoms with Crippen LogP contribution in [0.3, 0.4) is 0 Å². The number of benzene rings is 1. The molecule has 0 atom stereocenters. The lowest BCUT2D eigenvalue weighted by atomic mass is 9.83. The third-order valence-electron chi connectivity index (χ3n) is 3.57. The maximum atomic E-state index is 4.41. The first-order chi connectivity index (χ1) is 8.92. The molecule has 3 heteroatoms. The van der Waals surface area contributed by atoms with Crippen LogP contribution in [0.1, 0.15) is 35.5 Å². The highest BCUT2D eigenvalue weighted by Crippen LogP contribution is 2.32. The monoisotopic (exact) mass is 274 g/mol. The van der Waals surface area contributed by atoms with Crippen LogP contribution in [-0.2, 0) is 11.8 Å². The predicted octanol–water partition coefficient (Wildman–Crippen LogP) is 4.32. The van der Waals surface area contributed by atoms with Crippen LogP contribution in [0.5, 0.6) is 0 Å². The first-order valence-corrected chi connectivity index (χ1v) is 7.41. The highest BCUT2D eigenvalue weighted by Gasteiger charge is 2.24. The van der Waals surface area contributed by atoms with E-state index in [2.05, 4.69) is 61.7 Å². The van der Waals surface area contributed by atoms with Crippen molar-refractivity contribution < 1.29 is 0 Å². The fourth-order valence-electron chi connectivity index (χ4n) is 2.26. The first kappa shape index (κ1) is 14.1. The molecule has 0 unspecified atom stereocenters. The van der Waals surface area contributed by atoms with Crippen molar-refractivity contribution in [1.29, 1.82) is 0 Å². The standard InChI is InChI=1S/C16H22N2S/c1-11-6-7-14(17-5)9-13(11)10-16(3,4)15-8-12(2)18-19-15/h6-9,17H,10H2,1-5H3. The molecule has 19 heavy (non-hydrogen) atoms. The SMILES string of the molecule is CNc1ccc(C)c(CC(C)(C)c2cc(C)ns2)c1. The Labute approximate surface area is 120 Å². The van der Waals surface area contributed by atoms with E-state index in [-0.39, 0.29) is 5.41 Å². The third kappa shape index (κ3) is 3.16. The van der Waals surface area contributed by atoms with Crippen molar-refractivity contribution in [1.82, 2.24) is 4.37 Å². The smallest absolute Gasteiger partial charge is 0.0514 e. The largest absolute Gasteiger partial charge is 0.388 e. The Balaban J connectivity index is 2.29. The molecule has 0 aliphatic carbocycles. The lowest BCUT2D eigenvalue weighted by molar-refractivity contribution is 0.532. The zero-order chi connectivity index (χ0) is 14.0. The summed E-state index contributed by atoms with van der Waals surface area (Å²) >= 11 is 1.63. The van der Waals surface area contributed by atoms with Gasteiger partial charge in [-0.15, -0.1) is 0 Å². The lowest BCUT2D eigenvalue weighted by Crippen LogP contribution is -2.19. The van der Waals surface area contributed by atoms with E-state index < -0.39 is 0 Å². The molecule has 0 radical (unpaired) electrons. The van der Waals surface area contributed by atoms with Crippen molar-refractivity contribution >= 4 is 17.2 Å². The molecule has 0 spiro atoms. The molecule has 1 aromatic carbocycles. The number of anilines is 1. The quantitative estimate of drug-likeness (QED) is 0.898. The lowest BCUT2D eigenvalue weighted by Gasteiger charge is -2.24. The minimum absolute atomic E-state index is 0.128. The molecule has 2 nitrogen and oxygen atoms in total. The second-order valence-electron chi connectivity index (χ2n) is 5.78. The molecule has 0 fully saturated rings. The Morgan fingerprint density at radius 2 is 1.95 bits per heavy atom. The van der Waals surface area contributed by atoms with Gasteiger partial charge in [0.15, 0.2) is 0 Å². The normalized spacial score (nSPS) is 11.6. The number of nitrogens with one attached hydrogen (secondary N) is 1. The third-order valence-corrected chi connectivity index (χ3v) is 4.81. The van der Waals surface area contributed by atoms with Crippen molar-refractivity contribution in [3.8, 4) is 0 Å². The van der Waals surface area contributed by atoms with Crippen LogP contribution in [0.15, 0.2) is 24.3 Å². The maximum Gasteiger partial charge on any atom is 0.0514 e. The summed E-state index contributed by atoms with van der Waals surface area (Å²) < 4.78 is 4.41. The summed E-state index contributed by atoms with van der Waals surface area (Å²) in [5.74, 6) is 0. The number of aromatic nitrogens is 1. The Morgan fingerprint density at radius 1 is 1.21 bits per heavy atom. The van der Waals surface area contributed by atoms with E-state index in [0.717, 1.165) is 12.1 Å². The van der Waals surface area contributed by atoms with Gasteiger partial charge < -0.3 is 5.32 Å². The van der Waals surface area contributed by atoms with E-state index in [1.165, 1.54) is 21.7 Å². The van der Waals surface area contributed by atoms with Crippen molar-refractivity contribution in [2.45, 2.75) is 39.5 Å². The van der Waals surface area contributed by atoms with Gasteiger partial charge in [-0.05, 0) is 61.1 Å². The van der Waals surface area contributed by atoms with Crippen molar-refractivity contribution in [2.75, 3.05) is 12.4 Å². The summed E-state index contributed by atoms with van der Waals surface area (Å²) in [7, 11) is 1.96. The molecule has 0 bridgehead atoms. The molecular weight excluding hydrogens is 252 g/mol. The van der Waals surface area contributed by atoms with E-state index >= 15 is 0 Å². The molecule has 1 N–H and O–H groups in total. The van der Waals surface area contributed by atoms with Crippen LogP contribution in [-0.4, -0.2) is 11.4 Å². The minimum Gasteiger partial charge on any atom is -0.388 e. The molecule has 0 aliphatic rings. The van der Waals surface area contributed by atoms with Crippen molar-refractivity contribution in [3.63, 3.8) is 0 Å². The fourth-order valence-corrected chi connectivity index (χ4v) is 3.10. The summed E-state index contributed by atoms with van der Waals surface area (Å²) in [5, 5.41) is 3.21. The first-order valence-electron chi connectivity index (χ1n) is 6.63. The average molecular weight is 274 g/mol. The van der Waals surface area contributed by atoms with E-state index in [9.17, 15) is 0 Å². The van der Waals surface area contributed by atoms with Gasteiger partial charge in [-0.3, -0.25) is 0 Å². The molecule has 1 aromatic heterocycles. The Kier molecular flexibility index (Phi) is 3.95. The second kappa shape index (κ2) is 5.33. The van der Waals surface area contributed by atoms with Crippen molar-refractivity contribution in [3.05, 3.63) is 46.0 Å².